The summed E-state index contributed by atoms with van der Waals surface area (Å²) in [6, 6.07) is 11.3. The minimum Gasteiger partial charge on any atom is -0.464 e. The molecule has 0 saturated heterocycles. The van der Waals surface area contributed by atoms with Crippen molar-refractivity contribution < 1.29 is 14.0 Å². The van der Waals surface area contributed by atoms with Gasteiger partial charge in [-0.1, -0.05) is 24.3 Å². The number of amides is 2. The second kappa shape index (κ2) is 6.97. The van der Waals surface area contributed by atoms with Gasteiger partial charge in [0, 0.05) is 20.2 Å². The predicted molar refractivity (Wildman–Crippen MR) is 95.3 cm³/mol. The van der Waals surface area contributed by atoms with Gasteiger partial charge in [0.2, 0.25) is 11.8 Å². The molecule has 5 heteroatoms. The van der Waals surface area contributed by atoms with Crippen molar-refractivity contribution in [2.45, 2.75) is 32.9 Å². The molecule has 2 heterocycles. The number of hydrogen-bond donors (Lipinski definition) is 0. The lowest BCUT2D eigenvalue weighted by atomic mass is 9.93. The third kappa shape index (κ3) is 3.65. The first-order chi connectivity index (χ1) is 12.0. The van der Waals surface area contributed by atoms with Crippen molar-refractivity contribution in [3.05, 3.63) is 65.2 Å². The summed E-state index contributed by atoms with van der Waals surface area (Å²) < 4.78 is 5.54. The van der Waals surface area contributed by atoms with Gasteiger partial charge in [-0.2, -0.15) is 0 Å². The number of aryl methyl sites for hydroxylation is 1. The Kier molecular flexibility index (Phi) is 4.74. The summed E-state index contributed by atoms with van der Waals surface area (Å²) in [5.41, 5.74) is 2.04. The molecular formula is C20H22N2O3. The molecule has 1 aliphatic rings. The zero-order chi connectivity index (χ0) is 18.0. The van der Waals surface area contributed by atoms with Crippen LogP contribution in [0.5, 0.6) is 0 Å². The fourth-order valence-corrected chi connectivity index (χ4v) is 3.13. The first-order valence-corrected chi connectivity index (χ1v) is 8.31. The molecule has 2 amide bonds. The molecule has 1 atom stereocenters. The van der Waals surface area contributed by atoms with Gasteiger partial charge in [-0.3, -0.25) is 9.59 Å². The van der Waals surface area contributed by atoms with Crippen LogP contribution in [0.4, 0.5) is 0 Å². The minimum atomic E-state index is -0.285. The van der Waals surface area contributed by atoms with Crippen LogP contribution < -0.4 is 0 Å². The molecule has 0 bridgehead atoms. The summed E-state index contributed by atoms with van der Waals surface area (Å²) in [5.74, 6) is 1.47. The number of rotatable bonds is 4. The summed E-state index contributed by atoms with van der Waals surface area (Å²) in [7, 11) is 1.75. The second-order valence-electron chi connectivity index (χ2n) is 6.35. The fraction of sp³-hybridized carbons (Fsp3) is 0.300. The normalized spacial score (nSPS) is 15.8. The molecule has 1 aliphatic heterocycles. The van der Waals surface area contributed by atoms with Gasteiger partial charge in [-0.25, -0.2) is 0 Å². The van der Waals surface area contributed by atoms with E-state index < -0.39 is 0 Å². The smallest absolute Gasteiger partial charge is 0.225 e. The lowest BCUT2D eigenvalue weighted by Crippen LogP contribution is -2.35. The highest BCUT2D eigenvalue weighted by Gasteiger charge is 2.29. The Morgan fingerprint density at radius 2 is 1.96 bits per heavy atom. The van der Waals surface area contributed by atoms with E-state index in [0.29, 0.717) is 6.54 Å². The molecule has 3 rings (SSSR count). The maximum absolute atomic E-state index is 12.7. The molecule has 0 saturated carbocycles. The predicted octanol–water partition coefficient (Wildman–Crippen LogP) is 3.51. The van der Waals surface area contributed by atoms with Crippen LogP contribution in [0.15, 0.2) is 47.0 Å². The Labute approximate surface area is 147 Å². The number of fused-ring (bicyclic) bond motifs is 1. The second-order valence-corrected chi connectivity index (χ2v) is 6.35. The first-order valence-electron chi connectivity index (χ1n) is 8.31. The van der Waals surface area contributed by atoms with Crippen LogP contribution in [0.1, 0.15) is 42.0 Å². The van der Waals surface area contributed by atoms with Crippen LogP contribution in [0.25, 0.3) is 6.08 Å². The Morgan fingerprint density at radius 3 is 2.64 bits per heavy atom. The van der Waals surface area contributed by atoms with E-state index in [2.05, 4.69) is 0 Å². The average Bonchev–Trinajstić information content (AvgIpc) is 2.99. The molecule has 1 aromatic heterocycles. The SMILES string of the molecule is CC(=O)N1C=Cc2ccccc2[C@H]1CC(=O)N(C)Cc1ccc(C)o1. The van der Waals surface area contributed by atoms with Crippen molar-refractivity contribution in [1.82, 2.24) is 9.80 Å². The largest absolute Gasteiger partial charge is 0.464 e. The van der Waals surface area contributed by atoms with E-state index >= 15 is 0 Å². The molecular weight excluding hydrogens is 316 g/mol. The molecule has 0 radical (unpaired) electrons. The van der Waals surface area contributed by atoms with Crippen LogP contribution in [0.3, 0.4) is 0 Å². The average molecular weight is 338 g/mol. The lowest BCUT2D eigenvalue weighted by molar-refractivity contribution is -0.134. The van der Waals surface area contributed by atoms with Crippen LogP contribution >= 0.6 is 0 Å². The van der Waals surface area contributed by atoms with Crippen molar-refractivity contribution in [3.8, 4) is 0 Å². The van der Waals surface area contributed by atoms with E-state index in [4.69, 9.17) is 4.42 Å². The van der Waals surface area contributed by atoms with Crippen LogP contribution in [-0.4, -0.2) is 28.7 Å². The quantitative estimate of drug-likeness (QED) is 0.857. The van der Waals surface area contributed by atoms with Crippen LogP contribution in [0, 0.1) is 6.92 Å². The summed E-state index contributed by atoms with van der Waals surface area (Å²) in [6.45, 7) is 3.81. The van der Waals surface area contributed by atoms with Crippen LogP contribution in [0.2, 0.25) is 0 Å². The number of carbonyl (C=O) groups is 2. The summed E-state index contributed by atoms with van der Waals surface area (Å²) >= 11 is 0. The van der Waals surface area contributed by atoms with Crippen LogP contribution in [-0.2, 0) is 16.1 Å². The summed E-state index contributed by atoms with van der Waals surface area (Å²) in [6.07, 6.45) is 3.91. The number of hydrogen-bond acceptors (Lipinski definition) is 3. The zero-order valence-corrected chi connectivity index (χ0v) is 14.7. The topological polar surface area (TPSA) is 53.8 Å². The van der Waals surface area contributed by atoms with E-state index in [0.717, 1.165) is 22.6 Å². The van der Waals surface area contributed by atoms with Crippen molar-refractivity contribution in [2.24, 2.45) is 0 Å². The molecule has 0 spiro atoms. The standard InChI is InChI=1S/C20H22N2O3/c1-14-8-9-17(25-14)13-21(3)20(24)12-19-18-7-5-4-6-16(18)10-11-22(19)15(2)23/h4-11,19H,12-13H2,1-3H3/t19-/m1/s1. The fourth-order valence-electron chi connectivity index (χ4n) is 3.13. The van der Waals surface area contributed by atoms with E-state index in [1.54, 1.807) is 23.0 Å². The third-order valence-corrected chi connectivity index (χ3v) is 4.45. The van der Waals surface area contributed by atoms with Gasteiger partial charge in [0.05, 0.1) is 19.0 Å². The Balaban J connectivity index is 1.77. The minimum absolute atomic E-state index is 0.0320. The van der Waals surface area contributed by atoms with Gasteiger partial charge in [-0.05, 0) is 36.3 Å². The molecule has 0 unspecified atom stereocenters. The number of nitrogens with zero attached hydrogens (tertiary/aromatic N) is 2. The number of furan rings is 1. The molecule has 0 fully saturated rings. The summed E-state index contributed by atoms with van der Waals surface area (Å²) in [4.78, 5) is 28.0. The number of benzene rings is 1. The summed E-state index contributed by atoms with van der Waals surface area (Å²) in [5, 5.41) is 0. The van der Waals surface area contributed by atoms with Crippen molar-refractivity contribution in [2.75, 3.05) is 7.05 Å². The van der Waals surface area contributed by atoms with Gasteiger partial charge in [0.15, 0.2) is 0 Å². The third-order valence-electron chi connectivity index (χ3n) is 4.45. The van der Waals surface area contributed by atoms with E-state index in [1.165, 1.54) is 6.92 Å². The van der Waals surface area contributed by atoms with Gasteiger partial charge < -0.3 is 14.2 Å². The van der Waals surface area contributed by atoms with Crippen molar-refractivity contribution in [1.29, 1.82) is 0 Å². The van der Waals surface area contributed by atoms with Gasteiger partial charge >= 0.3 is 0 Å². The maximum atomic E-state index is 12.7. The van der Waals surface area contributed by atoms with Crippen molar-refractivity contribution >= 4 is 17.9 Å². The highest BCUT2D eigenvalue weighted by molar-refractivity contribution is 5.81. The highest BCUT2D eigenvalue weighted by Crippen LogP contribution is 2.33. The maximum Gasteiger partial charge on any atom is 0.225 e. The number of carbonyl (C=O) groups excluding carboxylic acids is 2. The monoisotopic (exact) mass is 338 g/mol. The van der Waals surface area contributed by atoms with E-state index in [1.807, 2.05) is 49.4 Å². The molecule has 25 heavy (non-hydrogen) atoms. The van der Waals surface area contributed by atoms with Gasteiger partial charge in [0.1, 0.15) is 11.5 Å². The molecule has 5 nitrogen and oxygen atoms in total. The van der Waals surface area contributed by atoms with E-state index in [9.17, 15) is 9.59 Å². The highest BCUT2D eigenvalue weighted by atomic mass is 16.3. The van der Waals surface area contributed by atoms with Gasteiger partial charge in [0.25, 0.3) is 0 Å². The Bertz CT molecular complexity index is 822. The molecule has 130 valence electrons. The molecule has 0 aliphatic carbocycles. The van der Waals surface area contributed by atoms with E-state index in [-0.39, 0.29) is 24.3 Å². The van der Waals surface area contributed by atoms with Gasteiger partial charge in [-0.15, -0.1) is 0 Å². The zero-order valence-electron chi connectivity index (χ0n) is 14.7. The Hall–Kier alpha value is -2.82. The van der Waals surface area contributed by atoms with Crippen molar-refractivity contribution in [3.63, 3.8) is 0 Å². The molecule has 2 aromatic rings. The first kappa shape index (κ1) is 17.0. The lowest BCUT2D eigenvalue weighted by Gasteiger charge is -2.33. The molecule has 0 N–H and O–H groups in total. The molecule has 1 aromatic carbocycles. The Morgan fingerprint density at radius 1 is 1.20 bits per heavy atom.